The molecule has 0 aliphatic carbocycles. The first kappa shape index (κ1) is 28.3. The van der Waals surface area contributed by atoms with Gasteiger partial charge in [0.25, 0.3) is 0 Å². The van der Waals surface area contributed by atoms with Crippen molar-refractivity contribution in [1.82, 2.24) is 9.55 Å². The lowest BCUT2D eigenvalue weighted by molar-refractivity contribution is 0.620. The number of para-hydroxylation sites is 1. The average Bonchev–Trinajstić information content (AvgIpc) is 3.76. The molecule has 51 heavy (non-hydrogen) atoms. The number of nitrogens with zero attached hydrogens (tertiary/aromatic N) is 2. The summed E-state index contributed by atoms with van der Waals surface area (Å²) in [4.78, 5) is 5.00. The van der Waals surface area contributed by atoms with Gasteiger partial charge in [-0.15, -0.1) is 0 Å². The standard InChI is InChI=1S/C46H29BN3O/c1-27-19-22-30(23-20-27)48-36-18-10-9-17-34(36)41-32-15-7-8-16-33(32)43-42-31-14-6-5-11-28(31)21-24-38(42)50-39-26-37-40(25-35(39)47-44(41)45(43)50)51-46(49-37)29-12-3-2-4-13-29/h2-26,48H,1H3. The molecule has 0 unspecified atom stereocenters. The van der Waals surface area contributed by atoms with Crippen molar-refractivity contribution < 1.29 is 4.42 Å². The number of aromatic nitrogens is 2. The maximum atomic E-state index is 6.44. The van der Waals surface area contributed by atoms with Gasteiger partial charge in [0.05, 0.1) is 5.52 Å². The first-order valence-electron chi connectivity index (χ1n) is 17.4. The fraction of sp³-hybridized carbons (Fsp3) is 0.0217. The SMILES string of the molecule is Cc1ccc(Nc2ccccc2-c2c3c4c(c5ccccc25)c2c5ccccc5ccc2n4-c2cc4nc(-c5ccccc5)oc4cc2[B]3)cc1. The van der Waals surface area contributed by atoms with Crippen LogP contribution in [0.3, 0.4) is 0 Å². The Bertz CT molecular complexity index is 3030. The van der Waals surface area contributed by atoms with Crippen LogP contribution in [-0.2, 0) is 0 Å². The average molecular weight is 651 g/mol. The molecule has 8 aromatic carbocycles. The number of aryl methyl sites for hydroxylation is 1. The van der Waals surface area contributed by atoms with E-state index in [9.17, 15) is 0 Å². The molecule has 0 bridgehead atoms. The highest BCUT2D eigenvalue weighted by molar-refractivity contribution is 6.74. The van der Waals surface area contributed by atoms with Gasteiger partial charge in [0.15, 0.2) is 12.9 Å². The largest absolute Gasteiger partial charge is 0.436 e. The van der Waals surface area contributed by atoms with Crippen LogP contribution >= 0.6 is 0 Å². The summed E-state index contributed by atoms with van der Waals surface area (Å²) >= 11 is 0. The summed E-state index contributed by atoms with van der Waals surface area (Å²) in [6.07, 6.45) is 0. The Balaban J connectivity index is 1.27. The highest BCUT2D eigenvalue weighted by Gasteiger charge is 2.30. The van der Waals surface area contributed by atoms with Crippen LogP contribution < -0.4 is 16.2 Å². The van der Waals surface area contributed by atoms with E-state index in [-0.39, 0.29) is 0 Å². The molecule has 0 spiro atoms. The van der Waals surface area contributed by atoms with Crippen LogP contribution in [0.15, 0.2) is 156 Å². The molecule has 2 aromatic heterocycles. The number of fused-ring (bicyclic) bond motifs is 10. The van der Waals surface area contributed by atoms with Crippen molar-refractivity contribution in [2.24, 2.45) is 0 Å². The Hall–Kier alpha value is -6.59. The van der Waals surface area contributed by atoms with Crippen molar-refractivity contribution in [3.05, 3.63) is 157 Å². The van der Waals surface area contributed by atoms with Gasteiger partial charge < -0.3 is 14.3 Å². The second kappa shape index (κ2) is 10.7. The Kier molecular flexibility index (Phi) is 5.93. The van der Waals surface area contributed by atoms with Crippen LogP contribution in [0.5, 0.6) is 0 Å². The molecule has 4 nitrogen and oxygen atoms in total. The van der Waals surface area contributed by atoms with E-state index in [1.54, 1.807) is 0 Å². The van der Waals surface area contributed by atoms with Crippen molar-refractivity contribution in [1.29, 1.82) is 0 Å². The van der Waals surface area contributed by atoms with Gasteiger partial charge in [0.2, 0.25) is 5.89 Å². The predicted octanol–water partition coefficient (Wildman–Crippen LogP) is 10.6. The molecule has 3 heterocycles. The molecule has 237 valence electrons. The lowest BCUT2D eigenvalue weighted by Crippen LogP contribution is -2.37. The number of anilines is 2. The topological polar surface area (TPSA) is 43.0 Å². The molecule has 1 N–H and O–H groups in total. The molecule has 1 radical (unpaired) electrons. The van der Waals surface area contributed by atoms with Crippen molar-refractivity contribution in [3.63, 3.8) is 0 Å². The summed E-state index contributed by atoms with van der Waals surface area (Å²) < 4.78 is 8.91. The van der Waals surface area contributed by atoms with Gasteiger partial charge in [-0.3, -0.25) is 0 Å². The van der Waals surface area contributed by atoms with Crippen LogP contribution in [0.2, 0.25) is 0 Å². The summed E-state index contributed by atoms with van der Waals surface area (Å²) in [6, 6.07) is 54.0. The molecular formula is C46H29BN3O. The summed E-state index contributed by atoms with van der Waals surface area (Å²) in [5.41, 5.74) is 14.1. The van der Waals surface area contributed by atoms with Crippen LogP contribution in [0.1, 0.15) is 5.56 Å². The van der Waals surface area contributed by atoms with Gasteiger partial charge in [-0.05, 0) is 88.0 Å². The first-order chi connectivity index (χ1) is 25.2. The molecule has 1 aliphatic rings. The van der Waals surface area contributed by atoms with Crippen LogP contribution in [0.4, 0.5) is 11.4 Å². The summed E-state index contributed by atoms with van der Waals surface area (Å²) in [5.74, 6) is 0.626. The molecule has 0 saturated carbocycles. The van der Waals surface area contributed by atoms with E-state index in [0.717, 1.165) is 44.8 Å². The van der Waals surface area contributed by atoms with Crippen molar-refractivity contribution in [2.45, 2.75) is 6.92 Å². The highest BCUT2D eigenvalue weighted by atomic mass is 16.3. The number of oxazole rings is 1. The third-order valence-corrected chi connectivity index (χ3v) is 10.5. The van der Waals surface area contributed by atoms with Gasteiger partial charge >= 0.3 is 0 Å². The number of hydrogen-bond acceptors (Lipinski definition) is 3. The molecule has 0 amide bonds. The summed E-state index contributed by atoms with van der Waals surface area (Å²) in [7, 11) is 2.37. The molecule has 5 heteroatoms. The van der Waals surface area contributed by atoms with Crippen molar-refractivity contribution in [3.8, 4) is 28.3 Å². The maximum absolute atomic E-state index is 6.44. The molecule has 1 aliphatic heterocycles. The molecule has 10 aromatic rings. The third kappa shape index (κ3) is 4.18. The van der Waals surface area contributed by atoms with E-state index in [2.05, 4.69) is 145 Å². The smallest absolute Gasteiger partial charge is 0.227 e. The second-order valence-corrected chi connectivity index (χ2v) is 13.5. The van der Waals surface area contributed by atoms with E-state index in [4.69, 9.17) is 9.40 Å². The van der Waals surface area contributed by atoms with E-state index in [0.29, 0.717) is 5.89 Å². The number of nitrogens with one attached hydrogen (secondary N) is 1. The molecule has 0 saturated heterocycles. The second-order valence-electron chi connectivity index (χ2n) is 13.5. The molecular weight excluding hydrogens is 621 g/mol. The van der Waals surface area contributed by atoms with Gasteiger partial charge in [-0.25, -0.2) is 4.98 Å². The van der Waals surface area contributed by atoms with Crippen LogP contribution in [0.25, 0.3) is 82.7 Å². The minimum Gasteiger partial charge on any atom is -0.436 e. The van der Waals surface area contributed by atoms with E-state index in [1.807, 2.05) is 30.3 Å². The quantitative estimate of drug-likeness (QED) is 0.193. The minimum atomic E-state index is 0.626. The zero-order valence-electron chi connectivity index (χ0n) is 27.8. The van der Waals surface area contributed by atoms with Crippen molar-refractivity contribution >= 4 is 84.0 Å². The first-order valence-corrected chi connectivity index (χ1v) is 17.4. The minimum absolute atomic E-state index is 0.626. The summed E-state index contributed by atoms with van der Waals surface area (Å²) in [6.45, 7) is 2.12. The Morgan fingerprint density at radius 3 is 2.27 bits per heavy atom. The third-order valence-electron chi connectivity index (χ3n) is 10.5. The van der Waals surface area contributed by atoms with E-state index >= 15 is 0 Å². The predicted molar refractivity (Wildman–Crippen MR) is 214 cm³/mol. The zero-order chi connectivity index (χ0) is 33.6. The Labute approximate surface area is 294 Å². The number of rotatable bonds is 4. The van der Waals surface area contributed by atoms with Crippen LogP contribution in [0, 0.1) is 6.92 Å². The molecule has 0 atom stereocenters. The van der Waals surface area contributed by atoms with Crippen molar-refractivity contribution in [2.75, 3.05) is 5.32 Å². The maximum Gasteiger partial charge on any atom is 0.227 e. The van der Waals surface area contributed by atoms with Gasteiger partial charge in [0.1, 0.15) is 5.52 Å². The highest BCUT2D eigenvalue weighted by Crippen LogP contribution is 2.45. The fourth-order valence-corrected chi connectivity index (χ4v) is 8.19. The Morgan fingerprint density at radius 1 is 0.667 bits per heavy atom. The molecule has 11 rings (SSSR count). The molecule has 0 fully saturated rings. The lowest BCUT2D eigenvalue weighted by Gasteiger charge is -2.25. The fourth-order valence-electron chi connectivity index (χ4n) is 8.19. The van der Waals surface area contributed by atoms with Gasteiger partial charge in [-0.1, -0.05) is 114 Å². The zero-order valence-corrected chi connectivity index (χ0v) is 27.8. The monoisotopic (exact) mass is 650 g/mol. The van der Waals surface area contributed by atoms with Crippen LogP contribution in [-0.4, -0.2) is 16.8 Å². The Morgan fingerprint density at radius 2 is 1.41 bits per heavy atom. The van der Waals surface area contributed by atoms with E-state index in [1.165, 1.54) is 59.9 Å². The summed E-state index contributed by atoms with van der Waals surface area (Å²) in [5, 5.41) is 11.2. The van der Waals surface area contributed by atoms with E-state index < -0.39 is 0 Å². The number of hydrogen-bond donors (Lipinski definition) is 1. The van der Waals surface area contributed by atoms with Gasteiger partial charge in [0, 0.05) is 44.5 Å². The van der Waals surface area contributed by atoms with Gasteiger partial charge in [-0.2, -0.15) is 0 Å². The number of benzene rings is 8. The normalized spacial score (nSPS) is 12.2. The lowest BCUT2D eigenvalue weighted by atomic mass is 9.58.